The number of thioether (sulfide) groups is 1. The summed E-state index contributed by atoms with van der Waals surface area (Å²) in [6, 6.07) is 17.9. The molecular weight excluding hydrogens is 456 g/mol. The van der Waals surface area contributed by atoms with E-state index in [1.165, 1.54) is 17.8 Å². The number of hydrogen-bond acceptors (Lipinski definition) is 6. The second-order valence-corrected chi connectivity index (χ2v) is 10.9. The summed E-state index contributed by atoms with van der Waals surface area (Å²) in [6.07, 6.45) is 2.38. The molecule has 0 aliphatic carbocycles. The fourth-order valence-corrected chi connectivity index (χ4v) is 5.62. The molecule has 0 saturated carbocycles. The normalized spacial score (nSPS) is 16.8. The molecule has 2 aromatic carbocycles. The number of amides is 1. The molecule has 9 heteroatoms. The van der Waals surface area contributed by atoms with Crippen molar-refractivity contribution < 1.29 is 13.2 Å². The van der Waals surface area contributed by atoms with Crippen LogP contribution >= 0.6 is 11.8 Å². The number of para-hydroxylation sites is 1. The molecule has 0 radical (unpaired) electrons. The number of rotatable bonds is 11. The van der Waals surface area contributed by atoms with Crippen molar-refractivity contribution in [3.63, 3.8) is 0 Å². The van der Waals surface area contributed by atoms with Gasteiger partial charge in [0.05, 0.1) is 4.90 Å². The van der Waals surface area contributed by atoms with Crippen LogP contribution in [0.4, 0.5) is 5.69 Å². The van der Waals surface area contributed by atoms with E-state index in [1.54, 1.807) is 30.0 Å². The number of nitrogens with zero attached hydrogens (tertiary/aromatic N) is 2. The van der Waals surface area contributed by atoms with E-state index in [4.69, 9.17) is 0 Å². The predicted molar refractivity (Wildman–Crippen MR) is 136 cm³/mol. The van der Waals surface area contributed by atoms with E-state index >= 15 is 0 Å². The van der Waals surface area contributed by atoms with Crippen molar-refractivity contribution in [2.75, 3.05) is 49.6 Å². The number of piperazine rings is 1. The van der Waals surface area contributed by atoms with Crippen LogP contribution in [-0.2, 0) is 14.8 Å². The second-order valence-electron chi connectivity index (χ2n) is 8.22. The van der Waals surface area contributed by atoms with Gasteiger partial charge in [-0.3, -0.25) is 9.69 Å². The van der Waals surface area contributed by atoms with E-state index in [0.29, 0.717) is 18.7 Å². The van der Waals surface area contributed by atoms with Gasteiger partial charge >= 0.3 is 0 Å². The maximum atomic E-state index is 12.9. The number of anilines is 1. The van der Waals surface area contributed by atoms with Crippen LogP contribution in [0.1, 0.15) is 13.3 Å². The Morgan fingerprint density at radius 3 is 2.21 bits per heavy atom. The molecule has 1 heterocycles. The molecular formula is C24H34N4O3S2. The Balaban J connectivity index is 1.52. The topological polar surface area (TPSA) is 81.7 Å². The minimum atomic E-state index is -3.76. The van der Waals surface area contributed by atoms with Crippen LogP contribution in [0.5, 0.6) is 0 Å². The zero-order valence-electron chi connectivity index (χ0n) is 19.3. The van der Waals surface area contributed by atoms with Gasteiger partial charge < -0.3 is 10.2 Å². The first-order chi connectivity index (χ1) is 15.9. The number of nitrogens with one attached hydrogen (secondary N) is 2. The Labute approximate surface area is 202 Å². The predicted octanol–water partition coefficient (Wildman–Crippen LogP) is 2.41. The molecule has 1 aliphatic rings. The minimum Gasteiger partial charge on any atom is -0.369 e. The van der Waals surface area contributed by atoms with Crippen molar-refractivity contribution in [2.45, 2.75) is 30.3 Å². The summed E-state index contributed by atoms with van der Waals surface area (Å²) in [6.45, 7) is 6.30. The van der Waals surface area contributed by atoms with Crippen molar-refractivity contribution in [3.05, 3.63) is 60.7 Å². The quantitative estimate of drug-likeness (QED) is 0.504. The van der Waals surface area contributed by atoms with Gasteiger partial charge in [-0.2, -0.15) is 16.5 Å². The first-order valence-electron chi connectivity index (χ1n) is 11.3. The van der Waals surface area contributed by atoms with Crippen LogP contribution in [0.2, 0.25) is 0 Å². The Morgan fingerprint density at radius 1 is 1.00 bits per heavy atom. The molecule has 3 rings (SSSR count). The molecule has 2 N–H and O–H groups in total. The standard InChI is InChI=1S/C24H34N4O3S2/c1-20(27-14-16-28(17-15-27)21-9-5-3-6-10-21)19-25-24(29)23(13-18-32-2)26-33(30,31)22-11-7-4-8-12-22/h3-12,20,23,26H,13-19H2,1-2H3,(H,25,29). The molecule has 180 valence electrons. The monoisotopic (exact) mass is 490 g/mol. The van der Waals surface area contributed by atoms with E-state index in [-0.39, 0.29) is 16.8 Å². The lowest BCUT2D eigenvalue weighted by Crippen LogP contribution is -2.54. The fraction of sp³-hybridized carbons (Fsp3) is 0.458. The van der Waals surface area contributed by atoms with Crippen LogP contribution in [0, 0.1) is 0 Å². The van der Waals surface area contributed by atoms with Crippen molar-refractivity contribution in [3.8, 4) is 0 Å². The van der Waals surface area contributed by atoms with Gasteiger partial charge in [0, 0.05) is 44.5 Å². The summed E-state index contributed by atoms with van der Waals surface area (Å²) in [5.41, 5.74) is 1.24. The van der Waals surface area contributed by atoms with Crippen LogP contribution < -0.4 is 14.9 Å². The third-order valence-electron chi connectivity index (χ3n) is 5.91. The molecule has 7 nitrogen and oxygen atoms in total. The maximum absolute atomic E-state index is 12.9. The van der Waals surface area contributed by atoms with Crippen molar-refractivity contribution >= 4 is 33.4 Å². The highest BCUT2D eigenvalue weighted by molar-refractivity contribution is 7.98. The highest BCUT2D eigenvalue weighted by Gasteiger charge is 2.27. The molecule has 2 aromatic rings. The Morgan fingerprint density at radius 2 is 1.61 bits per heavy atom. The lowest BCUT2D eigenvalue weighted by Gasteiger charge is -2.39. The van der Waals surface area contributed by atoms with Gasteiger partial charge in [0.2, 0.25) is 15.9 Å². The molecule has 2 unspecified atom stereocenters. The highest BCUT2D eigenvalue weighted by atomic mass is 32.2. The number of carbonyl (C=O) groups excluding carboxylic acids is 1. The van der Waals surface area contributed by atoms with Crippen molar-refractivity contribution in [2.24, 2.45) is 0 Å². The van der Waals surface area contributed by atoms with Crippen LogP contribution in [0.25, 0.3) is 0 Å². The molecule has 1 amide bonds. The van der Waals surface area contributed by atoms with Crippen molar-refractivity contribution in [1.82, 2.24) is 14.9 Å². The highest BCUT2D eigenvalue weighted by Crippen LogP contribution is 2.16. The van der Waals surface area contributed by atoms with Gasteiger partial charge in [0.15, 0.2) is 0 Å². The third kappa shape index (κ3) is 7.46. The zero-order chi connectivity index (χ0) is 23.7. The second kappa shape index (κ2) is 12.4. The zero-order valence-corrected chi connectivity index (χ0v) is 20.9. The summed E-state index contributed by atoms with van der Waals surface area (Å²) in [7, 11) is -3.76. The van der Waals surface area contributed by atoms with E-state index in [0.717, 1.165) is 26.2 Å². The number of benzene rings is 2. The Kier molecular flexibility index (Phi) is 9.61. The molecule has 2 atom stereocenters. The van der Waals surface area contributed by atoms with Gasteiger partial charge in [0.25, 0.3) is 0 Å². The average molecular weight is 491 g/mol. The Hall–Kier alpha value is -2.07. The van der Waals surface area contributed by atoms with Gasteiger partial charge in [-0.1, -0.05) is 36.4 Å². The first-order valence-corrected chi connectivity index (χ1v) is 14.2. The summed E-state index contributed by atoms with van der Waals surface area (Å²) in [4.78, 5) is 17.8. The van der Waals surface area contributed by atoms with Crippen LogP contribution in [0.15, 0.2) is 65.6 Å². The third-order valence-corrected chi connectivity index (χ3v) is 8.04. The van der Waals surface area contributed by atoms with E-state index in [2.05, 4.69) is 51.0 Å². The SMILES string of the molecule is CSCCC(NS(=O)(=O)c1ccccc1)C(=O)NCC(C)N1CCN(c2ccccc2)CC1. The molecule has 1 aliphatic heterocycles. The smallest absolute Gasteiger partial charge is 0.241 e. The van der Waals surface area contributed by atoms with Gasteiger partial charge in [-0.15, -0.1) is 0 Å². The van der Waals surface area contributed by atoms with Gasteiger partial charge in [-0.05, 0) is 49.6 Å². The number of hydrogen-bond donors (Lipinski definition) is 2. The molecule has 1 saturated heterocycles. The average Bonchev–Trinajstić information content (AvgIpc) is 2.86. The number of carbonyl (C=O) groups is 1. The van der Waals surface area contributed by atoms with Gasteiger partial charge in [-0.25, -0.2) is 8.42 Å². The van der Waals surface area contributed by atoms with Gasteiger partial charge in [0.1, 0.15) is 6.04 Å². The van der Waals surface area contributed by atoms with Crippen LogP contribution in [0.3, 0.4) is 0 Å². The maximum Gasteiger partial charge on any atom is 0.241 e. The summed E-state index contributed by atoms with van der Waals surface area (Å²) >= 11 is 1.59. The summed E-state index contributed by atoms with van der Waals surface area (Å²) in [5.74, 6) is 0.408. The fourth-order valence-electron chi connectivity index (χ4n) is 3.89. The molecule has 0 bridgehead atoms. The first kappa shape index (κ1) is 25.6. The lowest BCUT2D eigenvalue weighted by atomic mass is 10.2. The van der Waals surface area contributed by atoms with Crippen LogP contribution in [-0.4, -0.2) is 76.0 Å². The van der Waals surface area contributed by atoms with Crippen molar-refractivity contribution in [1.29, 1.82) is 0 Å². The lowest BCUT2D eigenvalue weighted by molar-refractivity contribution is -0.123. The Bertz CT molecular complexity index is 966. The molecule has 0 aromatic heterocycles. The van der Waals surface area contributed by atoms with E-state index < -0.39 is 16.1 Å². The molecule has 1 fully saturated rings. The molecule has 0 spiro atoms. The summed E-state index contributed by atoms with van der Waals surface area (Å²) < 4.78 is 28.1. The number of sulfonamides is 1. The largest absolute Gasteiger partial charge is 0.369 e. The van der Waals surface area contributed by atoms with E-state index in [1.807, 2.05) is 12.3 Å². The summed E-state index contributed by atoms with van der Waals surface area (Å²) in [5, 5.41) is 2.98. The van der Waals surface area contributed by atoms with E-state index in [9.17, 15) is 13.2 Å². The minimum absolute atomic E-state index is 0.164. The molecule has 33 heavy (non-hydrogen) atoms.